The molecule has 0 spiro atoms. The predicted molar refractivity (Wildman–Crippen MR) is 95.4 cm³/mol. The maximum absolute atomic E-state index is 13.4. The van der Waals surface area contributed by atoms with Crippen molar-refractivity contribution in [1.29, 1.82) is 5.26 Å². The summed E-state index contributed by atoms with van der Waals surface area (Å²) in [6, 6.07) is 2.56. The number of fused-ring (bicyclic) bond motifs is 1. The molecule has 3 amide bonds. The molecular weight excluding hydrogens is 410 g/mol. The van der Waals surface area contributed by atoms with E-state index in [-0.39, 0.29) is 36.6 Å². The number of urea groups is 1. The van der Waals surface area contributed by atoms with Crippen molar-refractivity contribution in [3.8, 4) is 6.07 Å². The van der Waals surface area contributed by atoms with E-state index >= 15 is 0 Å². The standard InChI is InChI=1S/C17H17F4N7O2/c1-9(17(19,20)21)23-15(29)14-13-8-27(4-5-28(13)26-25-14)16(30)24-11-2-3-12(18)10(6-11)7-22/h2-3,6,9,25-26H,4-5,8H2,1H3,(H,23,29)(H,24,30)/t9-/m1/s1. The van der Waals surface area contributed by atoms with Gasteiger partial charge in [0.1, 0.15) is 23.6 Å². The van der Waals surface area contributed by atoms with Crippen LogP contribution in [0.5, 0.6) is 0 Å². The molecule has 2 heterocycles. The first kappa shape index (κ1) is 21.2. The Morgan fingerprint density at radius 1 is 1.30 bits per heavy atom. The summed E-state index contributed by atoms with van der Waals surface area (Å²) in [5, 5.41) is 14.8. The molecule has 1 atom stereocenters. The van der Waals surface area contributed by atoms with E-state index in [1.807, 2.05) is 5.32 Å². The highest BCUT2D eigenvalue weighted by Crippen LogP contribution is 2.22. The van der Waals surface area contributed by atoms with E-state index in [4.69, 9.17) is 5.26 Å². The van der Waals surface area contributed by atoms with Gasteiger partial charge in [-0.1, -0.05) is 0 Å². The zero-order valence-electron chi connectivity index (χ0n) is 15.6. The van der Waals surface area contributed by atoms with Crippen molar-refractivity contribution in [2.24, 2.45) is 0 Å². The number of nitrogens with one attached hydrogen (secondary N) is 4. The normalized spacial score (nSPS) is 17.1. The molecule has 1 aromatic carbocycles. The minimum Gasteiger partial charge on any atom is -0.339 e. The van der Waals surface area contributed by atoms with Crippen LogP contribution in [0.1, 0.15) is 12.5 Å². The van der Waals surface area contributed by atoms with E-state index < -0.39 is 30.0 Å². The fourth-order valence-electron chi connectivity index (χ4n) is 2.84. The summed E-state index contributed by atoms with van der Waals surface area (Å²) >= 11 is 0. The Bertz CT molecular complexity index is 941. The van der Waals surface area contributed by atoms with Crippen LogP contribution in [0.15, 0.2) is 29.6 Å². The van der Waals surface area contributed by atoms with Crippen LogP contribution in [-0.2, 0) is 4.79 Å². The molecule has 4 N–H and O–H groups in total. The molecule has 0 saturated carbocycles. The van der Waals surface area contributed by atoms with Crippen LogP contribution in [0.3, 0.4) is 0 Å². The molecule has 1 fully saturated rings. The zero-order chi connectivity index (χ0) is 22.1. The highest BCUT2D eigenvalue weighted by molar-refractivity contribution is 5.94. The summed E-state index contributed by atoms with van der Waals surface area (Å²) in [5.74, 6) is -1.69. The van der Waals surface area contributed by atoms with Crippen LogP contribution < -0.4 is 21.6 Å². The van der Waals surface area contributed by atoms with Gasteiger partial charge >= 0.3 is 12.2 Å². The van der Waals surface area contributed by atoms with Crippen LogP contribution in [0.4, 0.5) is 28.0 Å². The molecule has 0 unspecified atom stereocenters. The van der Waals surface area contributed by atoms with Gasteiger partial charge in [-0.15, -0.1) is 5.53 Å². The van der Waals surface area contributed by atoms with Crippen LogP contribution in [-0.4, -0.2) is 53.7 Å². The Morgan fingerprint density at radius 2 is 2.03 bits per heavy atom. The third-order valence-electron chi connectivity index (χ3n) is 4.56. The van der Waals surface area contributed by atoms with Gasteiger partial charge in [0.25, 0.3) is 5.91 Å². The third kappa shape index (κ3) is 4.38. The lowest BCUT2D eigenvalue weighted by atomic mass is 10.2. The van der Waals surface area contributed by atoms with Gasteiger partial charge in [-0.2, -0.15) is 18.4 Å². The average molecular weight is 427 g/mol. The van der Waals surface area contributed by atoms with E-state index in [0.717, 1.165) is 13.0 Å². The van der Waals surface area contributed by atoms with Gasteiger partial charge in [-0.05, 0) is 25.1 Å². The number of hydrogen-bond acceptors (Lipinski definition) is 6. The van der Waals surface area contributed by atoms with Gasteiger partial charge in [-0.3, -0.25) is 15.2 Å². The number of halogens is 4. The number of carbonyl (C=O) groups is 2. The Kier molecular flexibility index (Phi) is 5.70. The van der Waals surface area contributed by atoms with Gasteiger partial charge in [-0.25, -0.2) is 9.18 Å². The number of nitrogens with zero attached hydrogens (tertiary/aromatic N) is 3. The maximum atomic E-state index is 13.4. The topological polar surface area (TPSA) is 113 Å². The average Bonchev–Trinajstić information content (AvgIpc) is 3.11. The first-order valence-corrected chi connectivity index (χ1v) is 8.75. The monoisotopic (exact) mass is 427 g/mol. The summed E-state index contributed by atoms with van der Waals surface area (Å²) in [7, 11) is 0. The van der Waals surface area contributed by atoms with Crippen LogP contribution in [0, 0.1) is 17.1 Å². The van der Waals surface area contributed by atoms with Gasteiger partial charge in [0.05, 0.1) is 24.4 Å². The lowest BCUT2D eigenvalue weighted by Crippen LogP contribution is -2.51. The van der Waals surface area contributed by atoms with Crippen molar-refractivity contribution < 1.29 is 27.2 Å². The maximum Gasteiger partial charge on any atom is 0.408 e. The lowest BCUT2D eigenvalue weighted by Gasteiger charge is -2.34. The molecule has 3 rings (SSSR count). The van der Waals surface area contributed by atoms with E-state index in [1.54, 1.807) is 6.07 Å². The van der Waals surface area contributed by atoms with Crippen LogP contribution >= 0.6 is 0 Å². The van der Waals surface area contributed by atoms with Gasteiger partial charge < -0.3 is 15.5 Å². The van der Waals surface area contributed by atoms with E-state index in [2.05, 4.69) is 16.3 Å². The Morgan fingerprint density at radius 3 is 2.70 bits per heavy atom. The molecule has 30 heavy (non-hydrogen) atoms. The number of alkyl halides is 3. The SMILES string of the molecule is C[C@@H](NC(=O)C1=C2CN(C(=O)Nc3ccc(F)c(C#N)c3)CCN2NN1)C(F)(F)F. The number of carbonyl (C=O) groups excluding carboxylic acids is 2. The Hall–Kier alpha value is -3.53. The number of amides is 3. The largest absolute Gasteiger partial charge is 0.408 e. The fraction of sp³-hybridized carbons (Fsp3) is 0.353. The number of piperazine rings is 1. The molecule has 0 aliphatic carbocycles. The van der Waals surface area contributed by atoms with Gasteiger partial charge in [0.15, 0.2) is 0 Å². The molecule has 2 aliphatic rings. The molecule has 0 bridgehead atoms. The smallest absolute Gasteiger partial charge is 0.339 e. The fourth-order valence-corrected chi connectivity index (χ4v) is 2.84. The second-order valence-corrected chi connectivity index (χ2v) is 6.61. The Balaban J connectivity index is 1.71. The van der Waals surface area contributed by atoms with Crippen molar-refractivity contribution >= 4 is 17.6 Å². The number of hydrazine groups is 2. The minimum atomic E-state index is -4.59. The molecular formula is C17H17F4N7O2. The predicted octanol–water partition coefficient (Wildman–Crippen LogP) is 1.15. The molecule has 2 aliphatic heterocycles. The molecule has 9 nitrogen and oxygen atoms in total. The second kappa shape index (κ2) is 8.07. The molecule has 13 heteroatoms. The van der Waals surface area contributed by atoms with Crippen molar-refractivity contribution in [1.82, 2.24) is 26.2 Å². The van der Waals surface area contributed by atoms with E-state index in [1.165, 1.54) is 22.0 Å². The quantitative estimate of drug-likeness (QED) is 0.539. The molecule has 160 valence electrons. The minimum absolute atomic E-state index is 0.0682. The summed E-state index contributed by atoms with van der Waals surface area (Å²) < 4.78 is 51.5. The second-order valence-electron chi connectivity index (χ2n) is 6.61. The lowest BCUT2D eigenvalue weighted by molar-refractivity contribution is -0.157. The number of anilines is 1. The first-order valence-electron chi connectivity index (χ1n) is 8.75. The van der Waals surface area contributed by atoms with Crippen molar-refractivity contribution in [3.63, 3.8) is 0 Å². The van der Waals surface area contributed by atoms with Crippen molar-refractivity contribution in [3.05, 3.63) is 41.0 Å². The van der Waals surface area contributed by atoms with Gasteiger partial charge in [0, 0.05) is 12.2 Å². The zero-order valence-corrected chi connectivity index (χ0v) is 15.6. The van der Waals surface area contributed by atoms with Crippen molar-refractivity contribution in [2.75, 3.05) is 25.0 Å². The number of rotatable bonds is 3. The van der Waals surface area contributed by atoms with Crippen LogP contribution in [0.25, 0.3) is 0 Å². The van der Waals surface area contributed by atoms with E-state index in [9.17, 15) is 27.2 Å². The highest BCUT2D eigenvalue weighted by atomic mass is 19.4. The Labute approximate surface area is 168 Å². The summed E-state index contributed by atoms with van der Waals surface area (Å²) in [6.07, 6.45) is -4.59. The molecule has 0 aromatic heterocycles. The van der Waals surface area contributed by atoms with Crippen molar-refractivity contribution in [2.45, 2.75) is 19.1 Å². The van der Waals surface area contributed by atoms with E-state index in [0.29, 0.717) is 5.70 Å². The molecule has 0 radical (unpaired) electrons. The highest BCUT2D eigenvalue weighted by Gasteiger charge is 2.39. The number of benzene rings is 1. The summed E-state index contributed by atoms with van der Waals surface area (Å²) in [5.41, 5.74) is 5.32. The number of hydrogen-bond donors (Lipinski definition) is 4. The van der Waals surface area contributed by atoms with Gasteiger partial charge in [0.2, 0.25) is 0 Å². The molecule has 1 saturated heterocycles. The summed E-state index contributed by atoms with van der Waals surface area (Å²) in [4.78, 5) is 26.1. The first-order chi connectivity index (χ1) is 14.1. The number of nitriles is 1. The van der Waals surface area contributed by atoms with Crippen LogP contribution in [0.2, 0.25) is 0 Å². The third-order valence-corrected chi connectivity index (χ3v) is 4.56. The summed E-state index contributed by atoms with van der Waals surface area (Å²) in [6.45, 7) is 1.25. The molecule has 1 aromatic rings.